The molecule has 0 heterocycles. The first kappa shape index (κ1) is 24.2. The number of nitrogens with zero attached hydrogens (tertiary/aromatic N) is 1. The summed E-state index contributed by atoms with van der Waals surface area (Å²) >= 11 is 0. The number of hydrogen-bond donors (Lipinski definition) is 0. The Balaban J connectivity index is 0.00000576. The molecule has 0 N–H and O–H groups in total. The summed E-state index contributed by atoms with van der Waals surface area (Å²) in [6.45, 7) is 9.83. The normalized spacial score (nSPS) is 14.4. The van der Waals surface area contributed by atoms with E-state index in [-0.39, 0.29) is 12.4 Å². The van der Waals surface area contributed by atoms with Gasteiger partial charge in [0.25, 0.3) is 0 Å². The first-order valence-electron chi connectivity index (χ1n) is 10.1. The van der Waals surface area contributed by atoms with Gasteiger partial charge in [0.2, 0.25) is 0 Å². The van der Waals surface area contributed by atoms with Gasteiger partial charge in [-0.15, -0.1) is 0 Å². The van der Waals surface area contributed by atoms with Crippen LogP contribution in [0.3, 0.4) is 0 Å². The van der Waals surface area contributed by atoms with Crippen molar-refractivity contribution in [3.8, 4) is 0 Å². The molecule has 144 valence electrons. The Bertz CT molecular complexity index is 431. The van der Waals surface area contributed by atoms with Crippen molar-refractivity contribution in [2.45, 2.75) is 90.6 Å². The molecule has 0 aliphatic rings. The summed E-state index contributed by atoms with van der Waals surface area (Å²) in [5.41, 5.74) is 1.40. The van der Waals surface area contributed by atoms with Crippen LogP contribution in [-0.4, -0.2) is 17.6 Å². The summed E-state index contributed by atoms with van der Waals surface area (Å²) in [6.07, 6.45) is 16.1. The molecule has 0 fully saturated rings. The molecule has 1 aromatic carbocycles. The van der Waals surface area contributed by atoms with E-state index in [9.17, 15) is 0 Å². The molecule has 2 atom stereocenters. The molecule has 2 heteroatoms. The van der Waals surface area contributed by atoms with Gasteiger partial charge in [0, 0.05) is 5.56 Å². The Kier molecular flexibility index (Phi) is 13.9. The van der Waals surface area contributed by atoms with Crippen molar-refractivity contribution in [2.24, 2.45) is 0 Å². The maximum absolute atomic E-state index is 4.12. The van der Waals surface area contributed by atoms with E-state index in [1.165, 1.54) is 69.8 Å². The van der Waals surface area contributed by atoms with Crippen molar-refractivity contribution in [1.82, 2.24) is 0 Å². The van der Waals surface area contributed by atoms with Crippen LogP contribution >= 0.6 is 0 Å². The summed E-state index contributed by atoms with van der Waals surface area (Å²) in [6, 6.07) is 11.4. The number of hydrogen-bond acceptors (Lipinski definition) is 0. The van der Waals surface area contributed by atoms with Gasteiger partial charge in [0.05, 0.1) is 19.3 Å². The fraction of sp³-hybridized carbons (Fsp3) is 0.652. The van der Waals surface area contributed by atoms with Crippen molar-refractivity contribution in [3.63, 3.8) is 0 Å². The van der Waals surface area contributed by atoms with Crippen molar-refractivity contribution in [2.75, 3.05) is 7.05 Å². The number of unbranched alkanes of at least 4 members (excludes halogenated alkanes) is 8. The van der Waals surface area contributed by atoms with E-state index in [0.29, 0.717) is 6.04 Å². The molecule has 25 heavy (non-hydrogen) atoms. The van der Waals surface area contributed by atoms with Gasteiger partial charge in [-0.1, -0.05) is 88.6 Å². The van der Waals surface area contributed by atoms with Crippen LogP contribution in [0.1, 0.15) is 83.6 Å². The van der Waals surface area contributed by atoms with Crippen LogP contribution in [0.15, 0.2) is 43.1 Å². The first-order valence-corrected chi connectivity index (χ1v) is 10.1. The van der Waals surface area contributed by atoms with E-state index in [2.05, 4.69) is 64.0 Å². The second-order valence-corrected chi connectivity index (χ2v) is 7.64. The van der Waals surface area contributed by atoms with Gasteiger partial charge >= 0.3 is 0 Å². The zero-order valence-electron chi connectivity index (χ0n) is 16.9. The molecule has 0 saturated heterocycles. The Morgan fingerprint density at radius 3 is 1.96 bits per heavy atom. The Hall–Kier alpha value is -0.790. The topological polar surface area (TPSA) is 0 Å². The third-order valence-corrected chi connectivity index (χ3v) is 5.52. The SMILES string of the molecule is C=C[N+](C)(Cc1ccccc1)C(C)CCCCCCCCCCC.[Cl-]. The molecule has 0 aliphatic carbocycles. The lowest BCUT2D eigenvalue weighted by atomic mass is 10.0. The first-order chi connectivity index (χ1) is 11.6. The molecule has 1 rings (SSSR count). The molecule has 1 nitrogen and oxygen atoms in total. The third-order valence-electron chi connectivity index (χ3n) is 5.52. The van der Waals surface area contributed by atoms with Gasteiger partial charge in [-0.25, -0.2) is 0 Å². The van der Waals surface area contributed by atoms with Gasteiger partial charge in [-0.3, -0.25) is 4.48 Å². The van der Waals surface area contributed by atoms with E-state index in [4.69, 9.17) is 0 Å². The van der Waals surface area contributed by atoms with Gasteiger partial charge in [-0.05, 0) is 26.3 Å². The van der Waals surface area contributed by atoms with Crippen molar-refractivity contribution in [3.05, 3.63) is 48.7 Å². The van der Waals surface area contributed by atoms with Gasteiger partial charge in [0.15, 0.2) is 0 Å². The van der Waals surface area contributed by atoms with E-state index in [0.717, 1.165) is 11.0 Å². The lowest BCUT2D eigenvalue weighted by Gasteiger charge is -2.36. The number of rotatable bonds is 14. The zero-order valence-corrected chi connectivity index (χ0v) is 17.6. The summed E-state index contributed by atoms with van der Waals surface area (Å²) < 4.78 is 0.932. The summed E-state index contributed by atoms with van der Waals surface area (Å²) in [5.74, 6) is 0. The summed E-state index contributed by atoms with van der Waals surface area (Å²) in [4.78, 5) is 0. The van der Waals surface area contributed by atoms with E-state index < -0.39 is 0 Å². The predicted octanol–water partition coefficient (Wildman–Crippen LogP) is 4.09. The summed E-state index contributed by atoms with van der Waals surface area (Å²) in [5, 5.41) is 0. The molecule has 0 saturated carbocycles. The highest BCUT2D eigenvalue weighted by Crippen LogP contribution is 2.22. The van der Waals surface area contributed by atoms with Crippen LogP contribution in [0.25, 0.3) is 0 Å². The van der Waals surface area contributed by atoms with Crippen LogP contribution < -0.4 is 12.4 Å². The standard InChI is InChI=1S/C23H40N.ClH/c1-5-7-8-9-10-11-12-13-15-18-22(3)24(4,6-2)21-23-19-16-14-17-20-23;/h6,14,16-17,19-20,22H,2,5,7-13,15,18,21H2,1,3-4H3;1H/q+1;/p-1. The minimum atomic E-state index is 0. The fourth-order valence-corrected chi connectivity index (χ4v) is 3.42. The Morgan fingerprint density at radius 1 is 0.920 bits per heavy atom. The molecular formula is C23H40ClN. The molecule has 0 bridgehead atoms. The smallest absolute Gasteiger partial charge is 0.109 e. The van der Waals surface area contributed by atoms with Gasteiger partial charge in [0.1, 0.15) is 6.54 Å². The molecule has 0 amide bonds. The lowest BCUT2D eigenvalue weighted by Crippen LogP contribution is -3.00. The van der Waals surface area contributed by atoms with Crippen LogP contribution in [0.5, 0.6) is 0 Å². The number of benzene rings is 1. The predicted molar refractivity (Wildman–Crippen MR) is 108 cm³/mol. The van der Waals surface area contributed by atoms with Gasteiger partial charge < -0.3 is 12.4 Å². The van der Waals surface area contributed by atoms with Crippen LogP contribution in [0, 0.1) is 0 Å². The molecule has 2 unspecified atom stereocenters. The van der Waals surface area contributed by atoms with Crippen molar-refractivity contribution >= 4 is 0 Å². The quantitative estimate of drug-likeness (QED) is 0.344. The highest BCUT2D eigenvalue weighted by Gasteiger charge is 2.26. The molecular weight excluding hydrogens is 326 g/mol. The maximum atomic E-state index is 4.12. The fourth-order valence-electron chi connectivity index (χ4n) is 3.42. The monoisotopic (exact) mass is 365 g/mol. The third kappa shape index (κ3) is 10.1. The van der Waals surface area contributed by atoms with Crippen molar-refractivity contribution < 1.29 is 16.9 Å². The van der Waals surface area contributed by atoms with E-state index in [1.807, 2.05) is 0 Å². The Labute approximate surface area is 163 Å². The average Bonchev–Trinajstić information content (AvgIpc) is 2.60. The van der Waals surface area contributed by atoms with Crippen molar-refractivity contribution in [1.29, 1.82) is 0 Å². The lowest BCUT2D eigenvalue weighted by molar-refractivity contribution is -0.896. The second kappa shape index (κ2) is 14.4. The van der Waals surface area contributed by atoms with E-state index in [1.54, 1.807) is 0 Å². The average molecular weight is 366 g/mol. The van der Waals surface area contributed by atoms with Gasteiger partial charge in [-0.2, -0.15) is 0 Å². The molecule has 0 spiro atoms. The highest BCUT2D eigenvalue weighted by molar-refractivity contribution is 5.13. The summed E-state index contributed by atoms with van der Waals surface area (Å²) in [7, 11) is 2.32. The molecule has 0 aliphatic heterocycles. The largest absolute Gasteiger partial charge is 1.00 e. The highest BCUT2D eigenvalue weighted by atomic mass is 35.5. The minimum absolute atomic E-state index is 0. The Morgan fingerprint density at radius 2 is 1.44 bits per heavy atom. The molecule has 0 aromatic heterocycles. The van der Waals surface area contributed by atoms with Crippen LogP contribution in [-0.2, 0) is 6.54 Å². The van der Waals surface area contributed by atoms with Crippen LogP contribution in [0.4, 0.5) is 0 Å². The maximum Gasteiger partial charge on any atom is 0.109 e. The second-order valence-electron chi connectivity index (χ2n) is 7.64. The van der Waals surface area contributed by atoms with Crippen LogP contribution in [0.2, 0.25) is 0 Å². The molecule has 1 aromatic rings. The minimum Gasteiger partial charge on any atom is -1.00 e. The van der Waals surface area contributed by atoms with E-state index >= 15 is 0 Å². The zero-order chi connectivity index (χ0) is 17.7. The molecule has 0 radical (unpaired) electrons. The number of quaternary nitrogens is 1. The number of halogens is 1.